The Balaban J connectivity index is 1.65. The third kappa shape index (κ3) is 5.88. The maximum Gasteiger partial charge on any atom is 0.309 e. The van der Waals surface area contributed by atoms with Crippen LogP contribution >= 0.6 is 11.3 Å². The molecular weight excluding hydrogens is 502 g/mol. The molecule has 0 saturated carbocycles. The van der Waals surface area contributed by atoms with Crippen LogP contribution in [0.4, 0.5) is 0 Å². The molecule has 1 aromatic heterocycles. The smallest absolute Gasteiger partial charge is 0.309 e. The molecule has 3 heterocycles. The zero-order valence-corrected chi connectivity index (χ0v) is 24.0. The zero-order valence-electron chi connectivity index (χ0n) is 23.2. The minimum Gasteiger partial charge on any atom is -0.457 e. The molecule has 8 heteroatoms. The lowest BCUT2D eigenvalue weighted by Crippen LogP contribution is -2.42. The molecule has 38 heavy (non-hydrogen) atoms. The van der Waals surface area contributed by atoms with Crippen LogP contribution in [-0.4, -0.2) is 44.4 Å². The highest BCUT2D eigenvalue weighted by atomic mass is 32.1. The maximum atomic E-state index is 13.6. The number of cyclic esters (lactones) is 1. The maximum absolute atomic E-state index is 13.6. The van der Waals surface area contributed by atoms with E-state index in [1.54, 1.807) is 31.3 Å². The van der Waals surface area contributed by atoms with Gasteiger partial charge in [0.05, 0.1) is 33.2 Å². The van der Waals surface area contributed by atoms with E-state index in [9.17, 15) is 19.8 Å². The average molecular weight is 544 g/mol. The number of allylic oxidation sites excluding steroid dienone is 1. The number of ketones is 1. The standard InChI is InChI=1S/C30H41NO6S/c1-7-9-21-14-18(2)10-8-13-29(6)30(35,37-29)17-23(20-11-12-24-22(15-20)31-19(3)38-24)36-26(33)16-25(32)28(4,5)27(21)34/h7,11-12,15,18,21,23,25,32,35H,1,8-10,13-14,16-17H2,2-6H3. The van der Waals surface area contributed by atoms with Crippen LogP contribution in [0.5, 0.6) is 0 Å². The minimum absolute atomic E-state index is 0.0654. The van der Waals surface area contributed by atoms with E-state index in [2.05, 4.69) is 18.5 Å². The van der Waals surface area contributed by atoms with E-state index in [-0.39, 0.29) is 30.5 Å². The highest BCUT2D eigenvalue weighted by Crippen LogP contribution is 2.54. The number of rotatable bonds is 3. The van der Waals surface area contributed by atoms with Gasteiger partial charge in [-0.25, -0.2) is 4.98 Å². The molecule has 2 N–H and O–H groups in total. The van der Waals surface area contributed by atoms with E-state index < -0.39 is 35.0 Å². The van der Waals surface area contributed by atoms with Gasteiger partial charge >= 0.3 is 5.97 Å². The highest BCUT2D eigenvalue weighted by Gasteiger charge is 2.66. The lowest BCUT2D eigenvalue weighted by atomic mass is 9.72. The second-order valence-electron chi connectivity index (χ2n) is 12.0. The van der Waals surface area contributed by atoms with Gasteiger partial charge in [0.25, 0.3) is 0 Å². The number of carbonyl (C=O) groups is 2. The number of carbonyl (C=O) groups excluding carboxylic acids is 2. The number of epoxide rings is 1. The van der Waals surface area contributed by atoms with Gasteiger partial charge in [-0.05, 0) is 56.7 Å². The highest BCUT2D eigenvalue weighted by molar-refractivity contribution is 7.18. The van der Waals surface area contributed by atoms with Crippen molar-refractivity contribution in [3.8, 4) is 0 Å². The summed E-state index contributed by atoms with van der Waals surface area (Å²) < 4.78 is 12.8. The Hall–Kier alpha value is -2.13. The number of Topliss-reactive ketones (excluding diaryl/α,β-unsaturated/α-hetero) is 1. The Morgan fingerprint density at radius 1 is 1.26 bits per heavy atom. The van der Waals surface area contributed by atoms with Crippen molar-refractivity contribution in [2.24, 2.45) is 17.3 Å². The Morgan fingerprint density at radius 3 is 2.71 bits per heavy atom. The summed E-state index contributed by atoms with van der Waals surface area (Å²) in [7, 11) is 0. The SMILES string of the molecule is C=CCC1CC(C)CCCC2(C)OC2(O)CC(c2ccc3sc(C)nc3c2)OC(=O)CC(O)C(C)(C)C1=O. The quantitative estimate of drug-likeness (QED) is 0.286. The first-order chi connectivity index (χ1) is 17.8. The van der Waals surface area contributed by atoms with Crippen LogP contribution in [0.15, 0.2) is 30.9 Å². The summed E-state index contributed by atoms with van der Waals surface area (Å²) >= 11 is 1.58. The van der Waals surface area contributed by atoms with Crippen molar-refractivity contribution in [2.75, 3.05) is 0 Å². The third-order valence-corrected chi connectivity index (χ3v) is 9.44. The van der Waals surface area contributed by atoms with Crippen molar-refractivity contribution >= 4 is 33.3 Å². The molecule has 4 rings (SSSR count). The van der Waals surface area contributed by atoms with Crippen LogP contribution in [0, 0.1) is 24.2 Å². The van der Waals surface area contributed by atoms with Gasteiger partial charge in [-0.3, -0.25) is 9.59 Å². The number of thiazole rings is 1. The molecule has 2 aromatic rings. The number of fused-ring (bicyclic) bond motifs is 2. The molecule has 2 fully saturated rings. The van der Waals surface area contributed by atoms with E-state index in [1.165, 1.54) is 0 Å². The molecule has 2 saturated heterocycles. The molecule has 0 aliphatic carbocycles. The van der Waals surface area contributed by atoms with Crippen molar-refractivity contribution in [2.45, 2.75) is 103 Å². The van der Waals surface area contributed by atoms with Gasteiger partial charge in [-0.1, -0.05) is 45.8 Å². The van der Waals surface area contributed by atoms with E-state index in [1.807, 2.05) is 32.0 Å². The predicted octanol–water partition coefficient (Wildman–Crippen LogP) is 5.81. The van der Waals surface area contributed by atoms with Crippen LogP contribution in [0.3, 0.4) is 0 Å². The lowest BCUT2D eigenvalue weighted by molar-refractivity contribution is -0.158. The molecule has 7 nitrogen and oxygen atoms in total. The summed E-state index contributed by atoms with van der Waals surface area (Å²) in [6.45, 7) is 13.2. The number of hydrogen-bond donors (Lipinski definition) is 2. The van der Waals surface area contributed by atoms with E-state index in [0.717, 1.165) is 28.1 Å². The largest absolute Gasteiger partial charge is 0.457 e. The van der Waals surface area contributed by atoms with Gasteiger partial charge in [-0.15, -0.1) is 17.9 Å². The lowest BCUT2D eigenvalue weighted by Gasteiger charge is -2.33. The molecule has 2 aliphatic rings. The fourth-order valence-electron chi connectivity index (χ4n) is 5.80. The van der Waals surface area contributed by atoms with Gasteiger partial charge in [0, 0.05) is 12.3 Å². The van der Waals surface area contributed by atoms with Crippen molar-refractivity contribution in [3.63, 3.8) is 0 Å². The molecule has 0 spiro atoms. The molecule has 2 aliphatic heterocycles. The van der Waals surface area contributed by atoms with Crippen LogP contribution in [0.2, 0.25) is 0 Å². The van der Waals surface area contributed by atoms with Crippen LogP contribution < -0.4 is 0 Å². The second-order valence-corrected chi connectivity index (χ2v) is 13.3. The summed E-state index contributed by atoms with van der Waals surface area (Å²) in [5, 5.41) is 23.4. The first kappa shape index (κ1) is 28.9. The summed E-state index contributed by atoms with van der Waals surface area (Å²) in [5.41, 5.74) is -0.373. The molecule has 6 unspecified atom stereocenters. The van der Waals surface area contributed by atoms with Gasteiger partial charge in [0.15, 0.2) is 5.79 Å². The number of aromatic nitrogens is 1. The number of nitrogens with zero attached hydrogens (tertiary/aromatic N) is 1. The monoisotopic (exact) mass is 543 g/mol. The van der Waals surface area contributed by atoms with E-state index >= 15 is 0 Å². The van der Waals surface area contributed by atoms with Gasteiger partial charge < -0.3 is 19.7 Å². The molecule has 208 valence electrons. The molecular formula is C30H41NO6S. The second kappa shape index (κ2) is 10.8. The number of ether oxygens (including phenoxy) is 2. The topological polar surface area (TPSA) is 109 Å². The number of esters is 1. The Kier molecular flexibility index (Phi) is 8.20. The number of aryl methyl sites for hydroxylation is 1. The minimum atomic E-state index is -1.43. The Morgan fingerprint density at radius 2 is 2.00 bits per heavy atom. The third-order valence-electron chi connectivity index (χ3n) is 8.49. The Labute approximate surface area is 229 Å². The summed E-state index contributed by atoms with van der Waals surface area (Å²) in [5.74, 6) is -2.15. The fourth-order valence-corrected chi connectivity index (χ4v) is 6.61. The summed E-state index contributed by atoms with van der Waals surface area (Å²) in [6.07, 6.45) is 3.03. The van der Waals surface area contributed by atoms with E-state index in [4.69, 9.17) is 9.47 Å². The van der Waals surface area contributed by atoms with Crippen molar-refractivity contribution in [3.05, 3.63) is 41.4 Å². The normalized spacial score (nSPS) is 34.9. The molecule has 0 radical (unpaired) electrons. The van der Waals surface area contributed by atoms with Crippen molar-refractivity contribution in [1.82, 2.24) is 4.98 Å². The number of aliphatic hydroxyl groups excluding tert-OH is 1. The van der Waals surface area contributed by atoms with Gasteiger partial charge in [-0.2, -0.15) is 0 Å². The van der Waals surface area contributed by atoms with Crippen molar-refractivity contribution < 1.29 is 29.3 Å². The molecule has 6 atom stereocenters. The van der Waals surface area contributed by atoms with E-state index in [0.29, 0.717) is 24.8 Å². The van der Waals surface area contributed by atoms with Gasteiger partial charge in [0.2, 0.25) is 0 Å². The van der Waals surface area contributed by atoms with Crippen LogP contribution in [0.1, 0.15) is 89.3 Å². The van der Waals surface area contributed by atoms with Crippen LogP contribution in [-0.2, 0) is 19.1 Å². The summed E-state index contributed by atoms with van der Waals surface area (Å²) in [4.78, 5) is 31.3. The van der Waals surface area contributed by atoms with Crippen LogP contribution in [0.25, 0.3) is 10.2 Å². The predicted molar refractivity (Wildman–Crippen MR) is 148 cm³/mol. The molecule has 0 bridgehead atoms. The first-order valence-electron chi connectivity index (χ1n) is 13.6. The number of benzene rings is 1. The zero-order chi connectivity index (χ0) is 27.9. The van der Waals surface area contributed by atoms with Gasteiger partial charge in [0.1, 0.15) is 17.5 Å². The molecule has 0 amide bonds. The number of aliphatic hydroxyl groups is 2. The number of hydrogen-bond acceptors (Lipinski definition) is 8. The Bertz CT molecular complexity index is 1210. The average Bonchev–Trinajstić information content (AvgIpc) is 3.16. The first-order valence-corrected chi connectivity index (χ1v) is 14.4. The summed E-state index contributed by atoms with van der Waals surface area (Å²) in [6, 6.07) is 5.70. The fraction of sp³-hybridized carbons (Fsp3) is 0.633. The van der Waals surface area contributed by atoms with Crippen molar-refractivity contribution in [1.29, 1.82) is 0 Å². The molecule has 1 aromatic carbocycles.